The lowest BCUT2D eigenvalue weighted by Crippen LogP contribution is -2.42. The van der Waals surface area contributed by atoms with Crippen LogP contribution in [0.4, 0.5) is 5.69 Å². The van der Waals surface area contributed by atoms with Crippen LogP contribution in [0, 0.1) is 0 Å². The minimum absolute atomic E-state index is 0.306. The van der Waals surface area contributed by atoms with E-state index in [0.29, 0.717) is 16.5 Å². The fourth-order valence-electron chi connectivity index (χ4n) is 2.50. The largest absolute Gasteiger partial charge is 0.507 e. The number of hydrogen-bond donors (Lipinski definition) is 3. The summed E-state index contributed by atoms with van der Waals surface area (Å²) in [4.78, 5) is 23.3. The first-order valence-corrected chi connectivity index (χ1v) is 9.08. The normalized spacial score (nSPS) is 16.6. The van der Waals surface area contributed by atoms with Gasteiger partial charge in [-0.1, -0.05) is 0 Å². The Morgan fingerprint density at radius 2 is 1.70 bits per heavy atom. The third kappa shape index (κ3) is 3.86. The van der Waals surface area contributed by atoms with Crippen molar-refractivity contribution < 1.29 is 37.1 Å². The van der Waals surface area contributed by atoms with Crippen molar-refractivity contribution in [2.24, 2.45) is 0 Å². The highest BCUT2D eigenvalue weighted by Crippen LogP contribution is 2.31. The first-order chi connectivity index (χ1) is 12.5. The lowest BCUT2D eigenvalue weighted by atomic mass is 10.1. The monoisotopic (exact) mass is 393 g/mol. The lowest BCUT2D eigenvalue weighted by molar-refractivity contribution is -0.222. The van der Waals surface area contributed by atoms with Crippen molar-refractivity contribution in [1.29, 1.82) is 0 Å². The molecule has 1 heterocycles. The van der Waals surface area contributed by atoms with Crippen LogP contribution in [0.25, 0.3) is 10.8 Å². The highest BCUT2D eigenvalue weighted by Gasteiger charge is 2.38. The van der Waals surface area contributed by atoms with Gasteiger partial charge in [0.15, 0.2) is 5.57 Å². The molecule has 0 saturated carbocycles. The maximum absolute atomic E-state index is 11.9. The van der Waals surface area contributed by atoms with Gasteiger partial charge < -0.3 is 19.9 Å². The molecule has 0 spiro atoms. The van der Waals surface area contributed by atoms with Crippen LogP contribution >= 0.6 is 0 Å². The average molecular weight is 393 g/mol. The summed E-state index contributed by atoms with van der Waals surface area (Å²) in [5.74, 6) is -3.38. The van der Waals surface area contributed by atoms with Crippen molar-refractivity contribution in [3.05, 3.63) is 42.1 Å². The molecule has 0 amide bonds. The molecule has 27 heavy (non-hydrogen) atoms. The minimum atomic E-state index is -4.50. The summed E-state index contributed by atoms with van der Waals surface area (Å²) in [5, 5.41) is 13.3. The van der Waals surface area contributed by atoms with Crippen molar-refractivity contribution in [2.75, 3.05) is 5.32 Å². The molecule has 0 unspecified atom stereocenters. The van der Waals surface area contributed by atoms with Crippen LogP contribution in [-0.2, 0) is 29.2 Å². The lowest BCUT2D eigenvalue weighted by Gasteiger charge is -2.29. The fourth-order valence-corrected chi connectivity index (χ4v) is 3.03. The van der Waals surface area contributed by atoms with E-state index in [9.17, 15) is 23.1 Å². The maximum Gasteiger partial charge on any atom is 0.350 e. The van der Waals surface area contributed by atoms with E-state index in [1.807, 2.05) is 0 Å². The average Bonchev–Trinajstić information content (AvgIpc) is 2.51. The smallest absolute Gasteiger partial charge is 0.350 e. The zero-order valence-corrected chi connectivity index (χ0v) is 15.0. The number of carbonyl (C=O) groups is 2. The second-order valence-corrected chi connectivity index (χ2v) is 7.66. The van der Waals surface area contributed by atoms with E-state index >= 15 is 0 Å². The molecular weight excluding hydrogens is 378 g/mol. The number of phenols is 1. The molecule has 2 aromatic carbocycles. The molecule has 142 valence electrons. The molecule has 0 atom stereocenters. The van der Waals surface area contributed by atoms with E-state index in [2.05, 4.69) is 5.32 Å². The van der Waals surface area contributed by atoms with Gasteiger partial charge in [-0.05, 0) is 29.7 Å². The summed E-state index contributed by atoms with van der Waals surface area (Å²) in [6.45, 7) is 2.85. The first kappa shape index (κ1) is 18.7. The molecule has 9 nitrogen and oxygen atoms in total. The van der Waals surface area contributed by atoms with Gasteiger partial charge in [0.25, 0.3) is 15.9 Å². The molecule has 2 aromatic rings. The van der Waals surface area contributed by atoms with Crippen molar-refractivity contribution in [1.82, 2.24) is 0 Å². The summed E-state index contributed by atoms with van der Waals surface area (Å²) in [5.41, 5.74) is 0.0382. The number of benzene rings is 2. The van der Waals surface area contributed by atoms with E-state index < -0.39 is 32.7 Å². The van der Waals surface area contributed by atoms with Crippen LogP contribution in [-0.4, -0.2) is 35.8 Å². The molecule has 0 bridgehead atoms. The molecule has 1 saturated heterocycles. The Morgan fingerprint density at radius 3 is 2.30 bits per heavy atom. The summed E-state index contributed by atoms with van der Waals surface area (Å²) in [6.07, 6.45) is 1.10. The van der Waals surface area contributed by atoms with Gasteiger partial charge >= 0.3 is 11.9 Å². The Balaban J connectivity index is 1.94. The molecule has 0 aliphatic carbocycles. The number of fused-ring (bicyclic) bond motifs is 1. The second kappa shape index (κ2) is 6.25. The predicted octanol–water partition coefficient (Wildman–Crippen LogP) is 1.92. The van der Waals surface area contributed by atoms with Gasteiger partial charge in [0, 0.05) is 37.2 Å². The summed E-state index contributed by atoms with van der Waals surface area (Å²) >= 11 is 0. The first-order valence-electron chi connectivity index (χ1n) is 7.64. The number of ether oxygens (including phenoxy) is 2. The molecule has 0 aromatic heterocycles. The predicted molar refractivity (Wildman–Crippen MR) is 93.4 cm³/mol. The number of rotatable bonds is 3. The fraction of sp³-hybridized carbons (Fsp3) is 0.176. The Kier molecular flexibility index (Phi) is 4.32. The SMILES string of the molecule is CC1(C)OC(=O)C(=CNc2ccc3c(O)cc(S(=O)(=O)O)cc3c2)C(=O)O1. The molecule has 3 rings (SSSR count). The van der Waals surface area contributed by atoms with E-state index in [1.54, 1.807) is 0 Å². The maximum atomic E-state index is 11.9. The van der Waals surface area contributed by atoms with E-state index in [4.69, 9.17) is 14.0 Å². The minimum Gasteiger partial charge on any atom is -0.507 e. The Labute approximate surface area is 153 Å². The Hall–Kier alpha value is -3.11. The molecule has 1 aliphatic heterocycles. The second-order valence-electron chi connectivity index (χ2n) is 6.23. The number of esters is 2. The topological polar surface area (TPSA) is 139 Å². The Morgan fingerprint density at radius 1 is 1.07 bits per heavy atom. The van der Waals surface area contributed by atoms with Crippen LogP contribution in [0.1, 0.15) is 13.8 Å². The zero-order chi connectivity index (χ0) is 20.0. The van der Waals surface area contributed by atoms with Gasteiger partial charge in [0.2, 0.25) is 0 Å². The van der Waals surface area contributed by atoms with Gasteiger partial charge in [-0.15, -0.1) is 0 Å². The number of phenolic OH excluding ortho intramolecular Hbond substituents is 1. The van der Waals surface area contributed by atoms with Crippen molar-refractivity contribution in [3.63, 3.8) is 0 Å². The third-order valence-electron chi connectivity index (χ3n) is 3.70. The quantitative estimate of drug-likeness (QED) is 0.309. The van der Waals surface area contributed by atoms with Gasteiger partial charge in [-0.3, -0.25) is 4.55 Å². The summed E-state index contributed by atoms with van der Waals surface area (Å²) in [7, 11) is -4.50. The molecular formula is C17H15NO8S. The van der Waals surface area contributed by atoms with Crippen LogP contribution in [0.15, 0.2) is 47.0 Å². The number of nitrogens with one attached hydrogen (secondary N) is 1. The highest BCUT2D eigenvalue weighted by atomic mass is 32.2. The molecule has 1 fully saturated rings. The molecule has 3 N–H and O–H groups in total. The van der Waals surface area contributed by atoms with Gasteiger partial charge in [-0.2, -0.15) is 8.42 Å². The van der Waals surface area contributed by atoms with E-state index in [-0.39, 0.29) is 11.3 Å². The number of aromatic hydroxyl groups is 1. The molecule has 0 radical (unpaired) electrons. The highest BCUT2D eigenvalue weighted by molar-refractivity contribution is 7.85. The summed E-state index contributed by atoms with van der Waals surface area (Å²) in [6, 6.07) is 6.61. The van der Waals surface area contributed by atoms with Crippen molar-refractivity contribution in [3.8, 4) is 5.75 Å². The Bertz CT molecular complexity index is 1080. The molecule has 10 heteroatoms. The van der Waals surface area contributed by atoms with Crippen LogP contribution in [0.2, 0.25) is 0 Å². The van der Waals surface area contributed by atoms with Gasteiger partial charge in [0.05, 0.1) is 4.90 Å². The van der Waals surface area contributed by atoms with Crippen LogP contribution in [0.3, 0.4) is 0 Å². The standard InChI is InChI=1S/C17H15NO8S/c1-17(2)25-15(20)13(16(21)26-17)8-18-10-3-4-12-9(5-10)6-11(7-14(12)19)27(22,23)24/h3-8,18-19H,1-2H3,(H,22,23,24). The van der Waals surface area contributed by atoms with Gasteiger partial charge in [-0.25, -0.2) is 9.59 Å². The van der Waals surface area contributed by atoms with Crippen molar-refractivity contribution >= 4 is 38.5 Å². The number of cyclic esters (lactones) is 2. The van der Waals surface area contributed by atoms with E-state index in [1.165, 1.54) is 38.1 Å². The number of hydrogen-bond acceptors (Lipinski definition) is 8. The van der Waals surface area contributed by atoms with Gasteiger partial charge in [0.1, 0.15) is 5.75 Å². The van der Waals surface area contributed by atoms with Crippen LogP contribution in [0.5, 0.6) is 5.75 Å². The van der Waals surface area contributed by atoms with E-state index in [0.717, 1.165) is 12.3 Å². The van der Waals surface area contributed by atoms with Crippen molar-refractivity contribution in [2.45, 2.75) is 24.5 Å². The van der Waals surface area contributed by atoms with Crippen LogP contribution < -0.4 is 5.32 Å². The summed E-state index contributed by atoms with van der Waals surface area (Å²) < 4.78 is 41.7. The third-order valence-corrected chi connectivity index (χ3v) is 4.53. The zero-order valence-electron chi connectivity index (χ0n) is 14.2. The number of anilines is 1. The molecule has 1 aliphatic rings. The number of carbonyl (C=O) groups excluding carboxylic acids is 2.